The van der Waals surface area contributed by atoms with Crippen LogP contribution < -0.4 is 10.6 Å². The molecular formula is C12H16N2. The average Bonchev–Trinajstić information content (AvgIpc) is 2.18. The van der Waals surface area contributed by atoms with Gasteiger partial charge in [-0.3, -0.25) is 0 Å². The number of hydrogen-bond acceptors (Lipinski definition) is 2. The van der Waals surface area contributed by atoms with E-state index in [0.717, 1.165) is 13.0 Å². The SMILES string of the molecule is CC(N)CN1C=CCc2ccccc21. The van der Waals surface area contributed by atoms with Crippen molar-refractivity contribution in [3.05, 3.63) is 42.1 Å². The molecule has 1 aromatic rings. The third kappa shape index (κ3) is 1.80. The molecule has 0 amide bonds. The zero-order valence-corrected chi connectivity index (χ0v) is 8.48. The lowest BCUT2D eigenvalue weighted by molar-refractivity contribution is 0.726. The molecule has 0 spiro atoms. The van der Waals surface area contributed by atoms with Crippen LogP contribution in [0, 0.1) is 0 Å². The minimum absolute atomic E-state index is 0.200. The molecule has 74 valence electrons. The van der Waals surface area contributed by atoms with Crippen LogP contribution in [0.5, 0.6) is 0 Å². The van der Waals surface area contributed by atoms with Crippen LogP contribution in [0.4, 0.5) is 5.69 Å². The van der Waals surface area contributed by atoms with Gasteiger partial charge in [0.15, 0.2) is 0 Å². The van der Waals surface area contributed by atoms with Gasteiger partial charge in [-0.15, -0.1) is 0 Å². The average molecular weight is 188 g/mol. The van der Waals surface area contributed by atoms with Crippen molar-refractivity contribution in [2.24, 2.45) is 5.73 Å². The molecule has 1 aliphatic heterocycles. The van der Waals surface area contributed by atoms with Crippen molar-refractivity contribution in [3.8, 4) is 0 Å². The molecule has 1 unspecified atom stereocenters. The summed E-state index contributed by atoms with van der Waals surface area (Å²) in [4.78, 5) is 2.23. The quantitative estimate of drug-likeness (QED) is 0.768. The van der Waals surface area contributed by atoms with Gasteiger partial charge in [-0.1, -0.05) is 24.3 Å². The number of nitrogens with zero attached hydrogens (tertiary/aromatic N) is 1. The minimum atomic E-state index is 0.200. The summed E-state index contributed by atoms with van der Waals surface area (Å²) >= 11 is 0. The monoisotopic (exact) mass is 188 g/mol. The molecule has 0 saturated carbocycles. The molecule has 0 fully saturated rings. The van der Waals surface area contributed by atoms with Crippen LogP contribution in [0.2, 0.25) is 0 Å². The lowest BCUT2D eigenvalue weighted by Crippen LogP contribution is -2.33. The van der Waals surface area contributed by atoms with Gasteiger partial charge >= 0.3 is 0 Å². The first-order valence-corrected chi connectivity index (χ1v) is 5.04. The van der Waals surface area contributed by atoms with Crippen molar-refractivity contribution in [1.82, 2.24) is 0 Å². The summed E-state index contributed by atoms with van der Waals surface area (Å²) in [6.07, 6.45) is 5.35. The highest BCUT2D eigenvalue weighted by Crippen LogP contribution is 2.25. The van der Waals surface area contributed by atoms with Crippen LogP contribution in [0.1, 0.15) is 12.5 Å². The Hall–Kier alpha value is -1.28. The van der Waals surface area contributed by atoms with E-state index in [1.165, 1.54) is 11.3 Å². The largest absolute Gasteiger partial charge is 0.347 e. The summed E-state index contributed by atoms with van der Waals surface area (Å²) < 4.78 is 0. The number of anilines is 1. The summed E-state index contributed by atoms with van der Waals surface area (Å²) in [6.45, 7) is 2.92. The molecule has 1 heterocycles. The van der Waals surface area contributed by atoms with Crippen LogP contribution in [-0.2, 0) is 6.42 Å². The van der Waals surface area contributed by atoms with Crippen LogP contribution in [0.15, 0.2) is 36.5 Å². The van der Waals surface area contributed by atoms with E-state index in [-0.39, 0.29) is 6.04 Å². The first kappa shape index (κ1) is 9.28. The van der Waals surface area contributed by atoms with E-state index >= 15 is 0 Å². The van der Waals surface area contributed by atoms with Crippen molar-refractivity contribution in [1.29, 1.82) is 0 Å². The van der Waals surface area contributed by atoms with E-state index in [0.29, 0.717) is 0 Å². The number of hydrogen-bond donors (Lipinski definition) is 1. The predicted octanol–water partition coefficient (Wildman–Crippen LogP) is 1.91. The maximum absolute atomic E-state index is 5.80. The molecule has 2 nitrogen and oxygen atoms in total. The van der Waals surface area contributed by atoms with E-state index in [9.17, 15) is 0 Å². The topological polar surface area (TPSA) is 29.3 Å². The highest BCUT2D eigenvalue weighted by atomic mass is 15.1. The van der Waals surface area contributed by atoms with E-state index in [1.54, 1.807) is 0 Å². The highest BCUT2D eigenvalue weighted by Gasteiger charge is 2.12. The molecule has 2 heteroatoms. The third-order valence-corrected chi connectivity index (χ3v) is 2.41. The molecule has 0 saturated heterocycles. The number of allylic oxidation sites excluding steroid dienone is 1. The van der Waals surface area contributed by atoms with Crippen molar-refractivity contribution in [2.45, 2.75) is 19.4 Å². The second-order valence-corrected chi connectivity index (χ2v) is 3.85. The van der Waals surface area contributed by atoms with Crippen LogP contribution >= 0.6 is 0 Å². The maximum Gasteiger partial charge on any atom is 0.0442 e. The molecule has 2 rings (SSSR count). The summed E-state index contributed by atoms with van der Waals surface area (Å²) in [5.41, 5.74) is 8.49. The summed E-state index contributed by atoms with van der Waals surface area (Å²) in [7, 11) is 0. The summed E-state index contributed by atoms with van der Waals surface area (Å²) in [5, 5.41) is 0. The van der Waals surface area contributed by atoms with Gasteiger partial charge in [-0.25, -0.2) is 0 Å². The summed E-state index contributed by atoms with van der Waals surface area (Å²) in [5.74, 6) is 0. The van der Waals surface area contributed by atoms with Crippen LogP contribution in [-0.4, -0.2) is 12.6 Å². The van der Waals surface area contributed by atoms with Crippen LogP contribution in [0.25, 0.3) is 0 Å². The van der Waals surface area contributed by atoms with Gasteiger partial charge < -0.3 is 10.6 Å². The van der Waals surface area contributed by atoms with E-state index in [4.69, 9.17) is 5.73 Å². The molecule has 14 heavy (non-hydrogen) atoms. The molecule has 2 N–H and O–H groups in total. The Labute approximate surface area is 85.0 Å². The van der Waals surface area contributed by atoms with E-state index in [1.807, 2.05) is 6.92 Å². The van der Waals surface area contributed by atoms with Gasteiger partial charge in [0.2, 0.25) is 0 Å². The first-order chi connectivity index (χ1) is 6.77. The van der Waals surface area contributed by atoms with Crippen molar-refractivity contribution >= 4 is 5.69 Å². The molecule has 1 aliphatic rings. The van der Waals surface area contributed by atoms with E-state index < -0.39 is 0 Å². The lowest BCUT2D eigenvalue weighted by atomic mass is 10.1. The summed E-state index contributed by atoms with van der Waals surface area (Å²) in [6, 6.07) is 8.69. The van der Waals surface area contributed by atoms with Crippen LogP contribution in [0.3, 0.4) is 0 Å². The highest BCUT2D eigenvalue weighted by molar-refractivity contribution is 5.58. The van der Waals surface area contributed by atoms with Gasteiger partial charge in [0.1, 0.15) is 0 Å². The van der Waals surface area contributed by atoms with Crippen molar-refractivity contribution in [2.75, 3.05) is 11.4 Å². The zero-order valence-electron chi connectivity index (χ0n) is 8.48. The molecule has 1 atom stereocenters. The maximum atomic E-state index is 5.80. The number of nitrogens with two attached hydrogens (primary N) is 1. The lowest BCUT2D eigenvalue weighted by Gasteiger charge is -2.27. The van der Waals surface area contributed by atoms with Crippen molar-refractivity contribution in [3.63, 3.8) is 0 Å². The second-order valence-electron chi connectivity index (χ2n) is 3.85. The van der Waals surface area contributed by atoms with Gasteiger partial charge in [0.25, 0.3) is 0 Å². The van der Waals surface area contributed by atoms with Crippen molar-refractivity contribution < 1.29 is 0 Å². The smallest absolute Gasteiger partial charge is 0.0442 e. The van der Waals surface area contributed by atoms with E-state index in [2.05, 4.69) is 41.4 Å². The fourth-order valence-corrected chi connectivity index (χ4v) is 1.82. The normalized spacial score (nSPS) is 16.6. The van der Waals surface area contributed by atoms with Gasteiger partial charge in [-0.05, 0) is 25.0 Å². The first-order valence-electron chi connectivity index (χ1n) is 5.04. The Balaban J connectivity index is 2.26. The number of fused-ring (bicyclic) bond motifs is 1. The third-order valence-electron chi connectivity index (χ3n) is 2.41. The predicted molar refractivity (Wildman–Crippen MR) is 60.3 cm³/mol. The van der Waals surface area contributed by atoms with Gasteiger partial charge in [0.05, 0.1) is 0 Å². The minimum Gasteiger partial charge on any atom is -0.347 e. The fourth-order valence-electron chi connectivity index (χ4n) is 1.82. The number of rotatable bonds is 2. The molecule has 0 radical (unpaired) electrons. The Kier molecular flexibility index (Phi) is 2.55. The molecular weight excluding hydrogens is 172 g/mol. The molecule has 1 aromatic carbocycles. The second kappa shape index (κ2) is 3.84. The Bertz CT molecular complexity index is 342. The Morgan fingerprint density at radius 2 is 2.21 bits per heavy atom. The molecule has 0 bridgehead atoms. The zero-order chi connectivity index (χ0) is 9.97. The fraction of sp³-hybridized carbons (Fsp3) is 0.333. The standard InChI is InChI=1S/C12H16N2/c1-10(13)9-14-8-4-6-11-5-2-3-7-12(11)14/h2-5,7-8,10H,6,9,13H2,1H3. The number of benzene rings is 1. The van der Waals surface area contributed by atoms with Gasteiger partial charge in [-0.2, -0.15) is 0 Å². The Morgan fingerprint density at radius 3 is 3.00 bits per heavy atom. The number of para-hydroxylation sites is 1. The molecule has 0 aliphatic carbocycles. The van der Waals surface area contributed by atoms with Gasteiger partial charge in [0, 0.05) is 24.5 Å². The Morgan fingerprint density at radius 1 is 1.43 bits per heavy atom. The molecule has 0 aromatic heterocycles.